The lowest BCUT2D eigenvalue weighted by Gasteiger charge is -2.26. The van der Waals surface area contributed by atoms with E-state index in [-0.39, 0.29) is 6.10 Å². The van der Waals surface area contributed by atoms with Gasteiger partial charge in [0.25, 0.3) is 10.1 Å². The molecule has 0 bridgehead atoms. The summed E-state index contributed by atoms with van der Waals surface area (Å²) in [6, 6.07) is 1.79. The van der Waals surface area contributed by atoms with Gasteiger partial charge in [-0.3, -0.25) is 4.18 Å². The molecule has 5 nitrogen and oxygen atoms in total. The lowest BCUT2D eigenvalue weighted by Crippen LogP contribution is -2.24. The number of rotatable bonds is 3. The summed E-state index contributed by atoms with van der Waals surface area (Å²) in [5.41, 5.74) is 0. The zero-order valence-electron chi connectivity index (χ0n) is 9.74. The van der Waals surface area contributed by atoms with Gasteiger partial charge in [0.1, 0.15) is 5.82 Å². The van der Waals surface area contributed by atoms with Crippen LogP contribution >= 0.6 is 0 Å². The van der Waals surface area contributed by atoms with Crippen LogP contribution in [0.5, 0.6) is 0 Å². The summed E-state index contributed by atoms with van der Waals surface area (Å²) in [6.45, 7) is 0. The van der Waals surface area contributed by atoms with E-state index in [1.165, 1.54) is 0 Å². The fourth-order valence-corrected chi connectivity index (χ4v) is 2.87. The summed E-state index contributed by atoms with van der Waals surface area (Å²) < 4.78 is 27.0. The maximum Gasteiger partial charge on any atom is 0.264 e. The molecule has 0 spiro atoms. The minimum Gasteiger partial charge on any atom is -0.267 e. The molecule has 1 aliphatic carbocycles. The van der Waals surface area contributed by atoms with Crippen LogP contribution in [0.3, 0.4) is 0 Å². The van der Waals surface area contributed by atoms with Crippen LogP contribution in [0.1, 0.15) is 37.4 Å². The van der Waals surface area contributed by atoms with Gasteiger partial charge in [0.05, 0.1) is 12.4 Å². The van der Waals surface area contributed by atoms with Gasteiger partial charge in [-0.15, -0.1) is 0 Å². The van der Waals surface area contributed by atoms with E-state index < -0.39 is 10.1 Å². The molecule has 1 aromatic heterocycles. The van der Waals surface area contributed by atoms with Crippen molar-refractivity contribution < 1.29 is 12.6 Å². The van der Waals surface area contributed by atoms with Crippen molar-refractivity contribution in [1.29, 1.82) is 0 Å². The highest BCUT2D eigenvalue weighted by Crippen LogP contribution is 2.32. The molecule has 0 aliphatic heterocycles. The highest BCUT2D eigenvalue weighted by atomic mass is 32.2. The van der Waals surface area contributed by atoms with Crippen molar-refractivity contribution in [1.82, 2.24) is 9.97 Å². The predicted octanol–water partition coefficient (Wildman–Crippen LogP) is 1.48. The zero-order chi connectivity index (χ0) is 12.3. The van der Waals surface area contributed by atoms with Crippen LogP contribution in [0.15, 0.2) is 18.5 Å². The Bertz CT molecular complexity index is 453. The van der Waals surface area contributed by atoms with E-state index in [1.54, 1.807) is 18.5 Å². The molecule has 2 rings (SSSR count). The molecule has 1 aromatic rings. The van der Waals surface area contributed by atoms with Crippen molar-refractivity contribution in [3.63, 3.8) is 0 Å². The average Bonchev–Trinajstić information content (AvgIpc) is 2.29. The molecule has 1 aliphatic rings. The zero-order valence-corrected chi connectivity index (χ0v) is 10.6. The van der Waals surface area contributed by atoms with E-state index in [9.17, 15) is 8.42 Å². The van der Waals surface area contributed by atoms with E-state index in [1.807, 2.05) is 0 Å². The van der Waals surface area contributed by atoms with Crippen LogP contribution in [0.4, 0.5) is 0 Å². The first-order valence-corrected chi connectivity index (χ1v) is 7.51. The van der Waals surface area contributed by atoms with Gasteiger partial charge in [-0.1, -0.05) is 0 Å². The first-order chi connectivity index (χ1) is 8.04. The summed E-state index contributed by atoms with van der Waals surface area (Å²) in [5, 5.41) is 0. The Labute approximate surface area is 101 Å². The third-order valence-electron chi connectivity index (χ3n) is 2.94. The Morgan fingerprint density at radius 2 is 1.76 bits per heavy atom. The first-order valence-electron chi connectivity index (χ1n) is 5.70. The smallest absolute Gasteiger partial charge is 0.264 e. The van der Waals surface area contributed by atoms with Crippen molar-refractivity contribution in [2.24, 2.45) is 0 Å². The molecule has 0 atom stereocenters. The molecule has 0 unspecified atom stereocenters. The summed E-state index contributed by atoms with van der Waals surface area (Å²) in [6.07, 6.45) is 7.65. The SMILES string of the molecule is CS(=O)(=O)OC1CCC(c2ncccn2)CC1. The molecule has 94 valence electrons. The summed E-state index contributed by atoms with van der Waals surface area (Å²) >= 11 is 0. The number of hydrogen-bond acceptors (Lipinski definition) is 5. The number of nitrogens with zero attached hydrogens (tertiary/aromatic N) is 2. The Morgan fingerprint density at radius 1 is 1.18 bits per heavy atom. The summed E-state index contributed by atoms with van der Waals surface area (Å²) in [7, 11) is -3.34. The van der Waals surface area contributed by atoms with Gasteiger partial charge < -0.3 is 0 Å². The normalized spacial score (nSPS) is 25.7. The Hall–Kier alpha value is -1.01. The maximum absolute atomic E-state index is 11.0. The quantitative estimate of drug-likeness (QED) is 0.766. The minimum absolute atomic E-state index is 0.176. The van der Waals surface area contributed by atoms with E-state index in [2.05, 4.69) is 9.97 Å². The highest BCUT2D eigenvalue weighted by molar-refractivity contribution is 7.86. The number of hydrogen-bond donors (Lipinski definition) is 0. The molecular formula is C11H16N2O3S. The monoisotopic (exact) mass is 256 g/mol. The molecule has 0 amide bonds. The van der Waals surface area contributed by atoms with E-state index in [0.29, 0.717) is 5.92 Å². The van der Waals surface area contributed by atoms with Gasteiger partial charge in [-0.2, -0.15) is 8.42 Å². The van der Waals surface area contributed by atoms with E-state index >= 15 is 0 Å². The van der Waals surface area contributed by atoms with E-state index in [4.69, 9.17) is 4.18 Å². The summed E-state index contributed by atoms with van der Waals surface area (Å²) in [4.78, 5) is 8.46. The Balaban J connectivity index is 1.91. The van der Waals surface area contributed by atoms with Gasteiger partial charge in [-0.25, -0.2) is 9.97 Å². The molecule has 1 saturated carbocycles. The van der Waals surface area contributed by atoms with Crippen molar-refractivity contribution in [3.05, 3.63) is 24.3 Å². The third kappa shape index (κ3) is 3.74. The van der Waals surface area contributed by atoms with Crippen molar-refractivity contribution in [3.8, 4) is 0 Å². The van der Waals surface area contributed by atoms with Gasteiger partial charge >= 0.3 is 0 Å². The van der Waals surface area contributed by atoms with Gasteiger partial charge in [0.15, 0.2) is 0 Å². The second kappa shape index (κ2) is 5.10. The largest absolute Gasteiger partial charge is 0.267 e. The van der Waals surface area contributed by atoms with E-state index in [0.717, 1.165) is 37.8 Å². The molecular weight excluding hydrogens is 240 g/mol. The summed E-state index contributed by atoms with van der Waals surface area (Å²) in [5.74, 6) is 1.18. The topological polar surface area (TPSA) is 69.2 Å². The lowest BCUT2D eigenvalue weighted by molar-refractivity contribution is 0.153. The van der Waals surface area contributed by atoms with Crippen LogP contribution < -0.4 is 0 Å². The molecule has 1 heterocycles. The molecule has 6 heteroatoms. The number of aromatic nitrogens is 2. The fourth-order valence-electron chi connectivity index (χ4n) is 2.19. The molecule has 17 heavy (non-hydrogen) atoms. The molecule has 0 saturated heterocycles. The predicted molar refractivity (Wildman–Crippen MR) is 63.0 cm³/mol. The Kier molecular flexibility index (Phi) is 3.73. The van der Waals surface area contributed by atoms with Crippen LogP contribution in [-0.2, 0) is 14.3 Å². The van der Waals surface area contributed by atoms with Crippen molar-refractivity contribution in [2.75, 3.05) is 6.26 Å². The third-order valence-corrected chi connectivity index (χ3v) is 3.56. The minimum atomic E-state index is -3.34. The van der Waals surface area contributed by atoms with Crippen molar-refractivity contribution >= 4 is 10.1 Å². The Morgan fingerprint density at radius 3 is 2.29 bits per heavy atom. The second-order valence-corrected chi connectivity index (χ2v) is 5.98. The molecule has 0 aromatic carbocycles. The van der Waals surface area contributed by atoms with Gasteiger partial charge in [0.2, 0.25) is 0 Å². The second-order valence-electron chi connectivity index (χ2n) is 4.38. The van der Waals surface area contributed by atoms with Crippen molar-refractivity contribution in [2.45, 2.75) is 37.7 Å². The molecule has 1 fully saturated rings. The van der Waals surface area contributed by atoms with Crippen LogP contribution in [0.25, 0.3) is 0 Å². The van der Waals surface area contributed by atoms with Crippen LogP contribution in [0, 0.1) is 0 Å². The molecule has 0 radical (unpaired) electrons. The van der Waals surface area contributed by atoms with Crippen LogP contribution in [-0.4, -0.2) is 30.7 Å². The first kappa shape index (κ1) is 12.4. The van der Waals surface area contributed by atoms with Crippen LogP contribution in [0.2, 0.25) is 0 Å². The average molecular weight is 256 g/mol. The lowest BCUT2D eigenvalue weighted by atomic mass is 9.87. The van der Waals surface area contributed by atoms with Gasteiger partial charge in [-0.05, 0) is 31.7 Å². The molecule has 0 N–H and O–H groups in total. The standard InChI is InChI=1S/C11H16N2O3S/c1-17(14,15)16-10-5-3-9(4-6-10)11-12-7-2-8-13-11/h2,7-10H,3-6H2,1H3. The maximum atomic E-state index is 11.0. The highest BCUT2D eigenvalue weighted by Gasteiger charge is 2.26. The fraction of sp³-hybridized carbons (Fsp3) is 0.636. The van der Waals surface area contributed by atoms with Gasteiger partial charge in [0, 0.05) is 18.3 Å².